The minimum atomic E-state index is -0.483. The van der Waals surface area contributed by atoms with Crippen LogP contribution in [-0.2, 0) is 9.59 Å². The molecule has 1 fully saturated rings. The summed E-state index contributed by atoms with van der Waals surface area (Å²) < 4.78 is 0. The molecule has 1 saturated carbocycles. The third kappa shape index (κ3) is 3.55. The average molecular weight is 434 g/mol. The smallest absolute Gasteiger partial charge is 0.161 e. The first kappa shape index (κ1) is 20.6. The number of halogens is 2. The average Bonchev–Trinajstić information content (AvgIpc) is 2.55. The van der Waals surface area contributed by atoms with Crippen molar-refractivity contribution in [2.45, 2.75) is 59.3 Å². The van der Waals surface area contributed by atoms with Gasteiger partial charge in [0.1, 0.15) is 5.78 Å². The van der Waals surface area contributed by atoms with Crippen LogP contribution in [0.3, 0.4) is 0 Å². The molecule has 4 rings (SSSR count). The van der Waals surface area contributed by atoms with E-state index < -0.39 is 11.8 Å². The van der Waals surface area contributed by atoms with Gasteiger partial charge in [-0.05, 0) is 41.4 Å². The van der Waals surface area contributed by atoms with Crippen molar-refractivity contribution >= 4 is 40.5 Å². The van der Waals surface area contributed by atoms with E-state index in [-0.39, 0.29) is 38.2 Å². The Labute approximate surface area is 181 Å². The van der Waals surface area contributed by atoms with Gasteiger partial charge in [-0.1, -0.05) is 50.9 Å². The van der Waals surface area contributed by atoms with Crippen LogP contribution < -0.4 is 0 Å². The van der Waals surface area contributed by atoms with Crippen LogP contribution in [0, 0.1) is 16.7 Å². The van der Waals surface area contributed by atoms with Gasteiger partial charge < -0.3 is 5.11 Å². The fourth-order valence-electron chi connectivity index (χ4n) is 5.14. The van der Waals surface area contributed by atoms with Gasteiger partial charge in [0.25, 0.3) is 0 Å². The maximum Gasteiger partial charge on any atom is 0.161 e. The number of ketones is 2. The summed E-state index contributed by atoms with van der Waals surface area (Å²) in [6.45, 7) is 8.29. The highest BCUT2D eigenvalue weighted by atomic mass is 35.5. The van der Waals surface area contributed by atoms with E-state index in [0.29, 0.717) is 36.8 Å². The van der Waals surface area contributed by atoms with E-state index in [9.17, 15) is 14.7 Å². The molecule has 2 atom stereocenters. The zero-order valence-electron chi connectivity index (χ0n) is 17.1. The van der Waals surface area contributed by atoms with Gasteiger partial charge in [0.15, 0.2) is 11.5 Å². The van der Waals surface area contributed by atoms with Gasteiger partial charge in [0.2, 0.25) is 0 Å². The Morgan fingerprint density at radius 3 is 2.14 bits per heavy atom. The lowest BCUT2D eigenvalue weighted by molar-refractivity contribution is -0.124. The van der Waals surface area contributed by atoms with E-state index in [1.54, 1.807) is 12.1 Å². The van der Waals surface area contributed by atoms with Gasteiger partial charge in [0.05, 0.1) is 16.0 Å². The van der Waals surface area contributed by atoms with Crippen molar-refractivity contribution in [1.82, 2.24) is 0 Å². The van der Waals surface area contributed by atoms with Crippen LogP contribution in [0.25, 0.3) is 0 Å². The molecule has 3 aliphatic rings. The van der Waals surface area contributed by atoms with Gasteiger partial charge in [-0.15, -0.1) is 0 Å². The number of hydrogen-bond donors (Lipinski definition) is 1. The van der Waals surface area contributed by atoms with Crippen molar-refractivity contribution in [2.24, 2.45) is 21.7 Å². The fraction of sp³-hybridized carbons (Fsp3) is 0.522. The summed E-state index contributed by atoms with van der Waals surface area (Å²) in [6.07, 6.45) is 2.26. The second-order valence-corrected chi connectivity index (χ2v) is 11.0. The number of aliphatic imine (C=N–C) groups is 1. The topological polar surface area (TPSA) is 66.7 Å². The van der Waals surface area contributed by atoms with E-state index in [1.807, 2.05) is 0 Å². The van der Waals surface area contributed by atoms with E-state index in [1.165, 1.54) is 0 Å². The molecule has 6 heteroatoms. The molecule has 1 heterocycles. The number of nitrogens with zero attached hydrogens (tertiary/aromatic N) is 1. The molecular formula is C23H25Cl2NO3. The van der Waals surface area contributed by atoms with Gasteiger partial charge in [-0.25, -0.2) is 0 Å². The summed E-state index contributed by atoms with van der Waals surface area (Å²) in [5.74, 6) is -1.01. The molecule has 1 N–H and O–H groups in total. The number of rotatable bonds is 1. The van der Waals surface area contributed by atoms with Crippen molar-refractivity contribution in [3.63, 3.8) is 0 Å². The standard InChI is InChI=1S/C23H25Cl2NO3/c1-22(2)7-14-19(16(27)9-22)18(11-5-12(24)21(29)13(25)6-11)20-15(26-14)8-23(3,4)10-17(20)28/h5-6,18-19,29H,7-10H2,1-4H3. The number of aromatic hydroxyl groups is 1. The predicted octanol–water partition coefficient (Wildman–Crippen LogP) is 5.89. The van der Waals surface area contributed by atoms with Gasteiger partial charge >= 0.3 is 0 Å². The van der Waals surface area contributed by atoms with Crippen LogP contribution in [0.4, 0.5) is 0 Å². The van der Waals surface area contributed by atoms with Crippen LogP contribution in [0.2, 0.25) is 10.0 Å². The second kappa shape index (κ2) is 6.68. The molecule has 1 aromatic rings. The van der Waals surface area contributed by atoms with E-state index in [2.05, 4.69) is 27.7 Å². The van der Waals surface area contributed by atoms with E-state index in [0.717, 1.165) is 11.4 Å². The minimum Gasteiger partial charge on any atom is -0.505 e. The van der Waals surface area contributed by atoms with E-state index >= 15 is 0 Å². The number of benzene rings is 1. The number of phenolic OH excluding ortho intramolecular Hbond substituents is 1. The molecule has 0 bridgehead atoms. The zero-order chi connectivity index (χ0) is 21.3. The number of carbonyl (C=O) groups excluding carboxylic acids is 2. The molecule has 0 saturated heterocycles. The Morgan fingerprint density at radius 1 is 0.931 bits per heavy atom. The van der Waals surface area contributed by atoms with Crippen molar-refractivity contribution in [2.75, 3.05) is 0 Å². The van der Waals surface area contributed by atoms with Crippen LogP contribution in [0.1, 0.15) is 64.9 Å². The quantitative estimate of drug-likeness (QED) is 0.600. The largest absolute Gasteiger partial charge is 0.505 e. The van der Waals surface area contributed by atoms with E-state index in [4.69, 9.17) is 28.2 Å². The lowest BCUT2D eigenvalue weighted by Crippen LogP contribution is -2.45. The summed E-state index contributed by atoms with van der Waals surface area (Å²) in [7, 11) is 0. The Kier molecular flexibility index (Phi) is 4.75. The third-order valence-corrected chi connectivity index (χ3v) is 6.81. The Morgan fingerprint density at radius 2 is 1.52 bits per heavy atom. The SMILES string of the molecule is CC1(C)CC(=O)C2C(=NC3=C(C(=O)CC(C)(C)C3)C2c2cc(Cl)c(O)c(Cl)c2)C1. The third-order valence-electron chi connectivity index (χ3n) is 6.24. The molecule has 29 heavy (non-hydrogen) atoms. The molecule has 0 aromatic heterocycles. The summed E-state index contributed by atoms with van der Waals surface area (Å²) in [4.78, 5) is 31.4. The lowest BCUT2D eigenvalue weighted by Gasteiger charge is -2.44. The summed E-state index contributed by atoms with van der Waals surface area (Å²) >= 11 is 12.4. The molecule has 0 radical (unpaired) electrons. The monoisotopic (exact) mass is 433 g/mol. The number of phenols is 1. The highest BCUT2D eigenvalue weighted by Crippen LogP contribution is 2.52. The zero-order valence-corrected chi connectivity index (χ0v) is 18.6. The number of allylic oxidation sites excluding steroid dienone is 2. The fourth-order valence-corrected chi connectivity index (χ4v) is 5.64. The maximum atomic E-state index is 13.2. The van der Waals surface area contributed by atoms with Gasteiger partial charge in [0, 0.05) is 35.7 Å². The molecule has 0 amide bonds. The minimum absolute atomic E-state index is 0.0296. The molecule has 1 aliphatic heterocycles. The first-order valence-corrected chi connectivity index (χ1v) is 10.7. The number of hydrogen-bond acceptors (Lipinski definition) is 4. The van der Waals surface area contributed by atoms with Gasteiger partial charge in [-0.3, -0.25) is 14.6 Å². The number of Topliss-reactive ketones (excluding diaryl/α,β-unsaturated/α-hetero) is 2. The van der Waals surface area contributed by atoms with Crippen LogP contribution in [0.15, 0.2) is 28.4 Å². The second-order valence-electron chi connectivity index (χ2n) is 10.2. The Bertz CT molecular complexity index is 980. The Hall–Kier alpha value is -1.65. The first-order chi connectivity index (χ1) is 13.4. The van der Waals surface area contributed by atoms with Crippen molar-refractivity contribution in [1.29, 1.82) is 0 Å². The summed E-state index contributed by atoms with van der Waals surface area (Å²) in [5, 5.41) is 10.2. The molecule has 2 unspecified atom stereocenters. The predicted molar refractivity (Wildman–Crippen MR) is 115 cm³/mol. The lowest BCUT2D eigenvalue weighted by atomic mass is 9.60. The highest BCUT2D eigenvalue weighted by molar-refractivity contribution is 6.37. The normalized spacial score (nSPS) is 28.0. The molecule has 1 aromatic carbocycles. The molecule has 2 aliphatic carbocycles. The van der Waals surface area contributed by atoms with Crippen molar-refractivity contribution < 1.29 is 14.7 Å². The Balaban J connectivity index is 1.94. The number of fused-ring (bicyclic) bond motifs is 1. The first-order valence-electron chi connectivity index (χ1n) is 9.93. The van der Waals surface area contributed by atoms with Crippen LogP contribution >= 0.6 is 23.2 Å². The summed E-state index contributed by atoms with van der Waals surface area (Å²) in [6, 6.07) is 3.25. The van der Waals surface area contributed by atoms with Crippen molar-refractivity contribution in [3.05, 3.63) is 39.0 Å². The van der Waals surface area contributed by atoms with Crippen LogP contribution in [0.5, 0.6) is 5.75 Å². The molecule has 4 nitrogen and oxygen atoms in total. The molecule has 154 valence electrons. The maximum absolute atomic E-state index is 13.2. The summed E-state index contributed by atoms with van der Waals surface area (Å²) in [5.41, 5.74) is 2.60. The number of carbonyl (C=O) groups is 2. The highest BCUT2D eigenvalue weighted by Gasteiger charge is 2.49. The molecular weight excluding hydrogens is 409 g/mol. The van der Waals surface area contributed by atoms with Gasteiger partial charge in [-0.2, -0.15) is 0 Å². The van der Waals surface area contributed by atoms with Crippen molar-refractivity contribution in [3.8, 4) is 5.75 Å². The molecule has 0 spiro atoms. The van der Waals surface area contributed by atoms with Crippen LogP contribution in [-0.4, -0.2) is 22.4 Å².